The topological polar surface area (TPSA) is 92.9 Å². The van der Waals surface area contributed by atoms with Gasteiger partial charge in [0.2, 0.25) is 5.16 Å². The van der Waals surface area contributed by atoms with E-state index in [0.29, 0.717) is 18.3 Å². The highest BCUT2D eigenvalue weighted by Gasteiger charge is 2.23. The fraction of sp³-hybridized carbons (Fsp3) is 0.818. The lowest BCUT2D eigenvalue weighted by atomic mass is 10.3. The number of nitrogens with one attached hydrogen (secondary N) is 1. The van der Waals surface area contributed by atoms with Crippen LogP contribution in [0.1, 0.15) is 38.6 Å². The van der Waals surface area contributed by atoms with Crippen LogP contribution in [0.2, 0.25) is 0 Å². The lowest BCUT2D eigenvalue weighted by Gasteiger charge is -2.14. The maximum atomic E-state index is 11.1. The number of aromatic nitrogens is 4. The zero-order valence-corrected chi connectivity index (χ0v) is 11.8. The summed E-state index contributed by atoms with van der Waals surface area (Å²) in [5, 5.41) is 24.5. The summed E-state index contributed by atoms with van der Waals surface area (Å²) in [6, 6.07) is -0.191. The van der Waals surface area contributed by atoms with Crippen molar-refractivity contribution in [3.05, 3.63) is 0 Å². The van der Waals surface area contributed by atoms with Gasteiger partial charge in [-0.1, -0.05) is 31.5 Å². The summed E-state index contributed by atoms with van der Waals surface area (Å²) >= 11 is 1.40. The van der Waals surface area contributed by atoms with Crippen LogP contribution in [0.5, 0.6) is 0 Å². The zero-order chi connectivity index (χ0) is 13.7. The quantitative estimate of drug-likeness (QED) is 0.720. The molecule has 8 heteroatoms. The first-order valence-corrected chi connectivity index (χ1v) is 7.57. The number of aliphatic carboxylic acids is 1. The normalized spacial score (nSPS) is 17.7. The molecule has 106 valence electrons. The Morgan fingerprint density at radius 1 is 1.58 bits per heavy atom. The second kappa shape index (κ2) is 6.85. The predicted octanol–water partition coefficient (Wildman–Crippen LogP) is 0.943. The van der Waals surface area contributed by atoms with E-state index in [9.17, 15) is 4.79 Å². The van der Waals surface area contributed by atoms with E-state index in [0.717, 1.165) is 18.0 Å². The standard InChI is InChI=1S/C11H19N5O2S/c1-2-12-9(10(17)18)7-19-11-13-14-15-16(11)8-5-3-4-6-8/h8-9,12H,2-7H2,1H3,(H,17,18). The third-order valence-electron chi connectivity index (χ3n) is 3.26. The van der Waals surface area contributed by atoms with Crippen LogP contribution in [0, 0.1) is 0 Å². The van der Waals surface area contributed by atoms with Crippen molar-refractivity contribution in [3.8, 4) is 0 Å². The molecule has 0 aromatic carbocycles. The van der Waals surface area contributed by atoms with E-state index in [2.05, 4.69) is 20.8 Å². The first-order chi connectivity index (χ1) is 9.22. The smallest absolute Gasteiger partial charge is 0.321 e. The van der Waals surface area contributed by atoms with Crippen LogP contribution >= 0.6 is 11.8 Å². The second-order valence-corrected chi connectivity index (χ2v) is 5.59. The van der Waals surface area contributed by atoms with Crippen LogP contribution in [0.4, 0.5) is 0 Å². The SMILES string of the molecule is CCNC(CSc1nnnn1C1CCCC1)C(=O)O. The summed E-state index contributed by atoms with van der Waals surface area (Å²) < 4.78 is 1.85. The average Bonchev–Trinajstić information content (AvgIpc) is 3.03. The van der Waals surface area contributed by atoms with Gasteiger partial charge in [0, 0.05) is 5.75 Å². The van der Waals surface area contributed by atoms with Gasteiger partial charge >= 0.3 is 5.97 Å². The van der Waals surface area contributed by atoms with Crippen LogP contribution in [-0.2, 0) is 4.79 Å². The summed E-state index contributed by atoms with van der Waals surface area (Å²) in [7, 11) is 0. The van der Waals surface area contributed by atoms with Gasteiger partial charge in [-0.15, -0.1) is 5.10 Å². The van der Waals surface area contributed by atoms with E-state index >= 15 is 0 Å². The number of carboxylic acid groups (broad SMARTS) is 1. The number of hydrogen-bond donors (Lipinski definition) is 2. The third kappa shape index (κ3) is 3.66. The molecule has 1 heterocycles. The molecule has 7 nitrogen and oxygen atoms in total. The molecule has 0 spiro atoms. The molecule has 1 unspecified atom stereocenters. The summed E-state index contributed by atoms with van der Waals surface area (Å²) in [5.74, 6) is -0.412. The van der Waals surface area contributed by atoms with Crippen molar-refractivity contribution in [3.63, 3.8) is 0 Å². The molecule has 0 amide bonds. The number of likely N-dealkylation sites (N-methyl/N-ethyl adjacent to an activating group) is 1. The van der Waals surface area contributed by atoms with Crippen molar-refractivity contribution < 1.29 is 9.90 Å². The largest absolute Gasteiger partial charge is 0.480 e. The van der Waals surface area contributed by atoms with Crippen LogP contribution in [-0.4, -0.2) is 49.6 Å². The summed E-state index contributed by atoms with van der Waals surface area (Å²) in [4.78, 5) is 11.1. The lowest BCUT2D eigenvalue weighted by molar-refractivity contribution is -0.138. The van der Waals surface area contributed by atoms with Gasteiger partial charge in [-0.25, -0.2) is 4.68 Å². The van der Waals surface area contributed by atoms with Gasteiger partial charge in [-0.05, 0) is 29.8 Å². The number of hydrogen-bond acceptors (Lipinski definition) is 6. The molecule has 1 aliphatic rings. The molecule has 0 radical (unpaired) electrons. The molecule has 19 heavy (non-hydrogen) atoms. The van der Waals surface area contributed by atoms with Crippen molar-refractivity contribution >= 4 is 17.7 Å². The maximum Gasteiger partial charge on any atom is 0.321 e. The Bertz CT molecular complexity index is 419. The monoisotopic (exact) mass is 285 g/mol. The van der Waals surface area contributed by atoms with Gasteiger partial charge in [0.1, 0.15) is 6.04 Å². The molecular formula is C11H19N5O2S. The number of carbonyl (C=O) groups is 1. The van der Waals surface area contributed by atoms with Crippen molar-refractivity contribution in [2.75, 3.05) is 12.3 Å². The fourth-order valence-electron chi connectivity index (χ4n) is 2.28. The van der Waals surface area contributed by atoms with E-state index in [1.807, 2.05) is 11.6 Å². The molecule has 0 bridgehead atoms. The van der Waals surface area contributed by atoms with E-state index in [1.54, 1.807) is 0 Å². The third-order valence-corrected chi connectivity index (χ3v) is 4.29. The Morgan fingerprint density at radius 3 is 2.95 bits per heavy atom. The minimum Gasteiger partial charge on any atom is -0.480 e. The number of tetrazole rings is 1. The molecular weight excluding hydrogens is 266 g/mol. The second-order valence-electron chi connectivity index (χ2n) is 4.60. The lowest BCUT2D eigenvalue weighted by Crippen LogP contribution is -2.38. The number of thioether (sulfide) groups is 1. The number of rotatable bonds is 7. The van der Waals surface area contributed by atoms with Crippen molar-refractivity contribution in [2.24, 2.45) is 0 Å². The average molecular weight is 285 g/mol. The molecule has 1 fully saturated rings. The van der Waals surface area contributed by atoms with Crippen LogP contribution in [0.3, 0.4) is 0 Å². The van der Waals surface area contributed by atoms with Crippen LogP contribution in [0.25, 0.3) is 0 Å². The first kappa shape index (κ1) is 14.3. The Morgan fingerprint density at radius 2 is 2.32 bits per heavy atom. The Hall–Kier alpha value is -1.15. The molecule has 2 N–H and O–H groups in total. The summed E-state index contributed by atoms with van der Waals surface area (Å²) in [6.07, 6.45) is 4.63. The first-order valence-electron chi connectivity index (χ1n) is 6.59. The predicted molar refractivity (Wildman–Crippen MR) is 71.1 cm³/mol. The molecule has 2 rings (SSSR count). The highest BCUT2D eigenvalue weighted by atomic mass is 32.2. The molecule has 0 aliphatic heterocycles. The van der Waals surface area contributed by atoms with E-state index in [1.165, 1.54) is 24.6 Å². The molecule has 1 atom stereocenters. The van der Waals surface area contributed by atoms with Crippen LogP contribution in [0.15, 0.2) is 5.16 Å². The van der Waals surface area contributed by atoms with Crippen molar-refractivity contribution in [1.29, 1.82) is 0 Å². The Labute approximate surface area is 116 Å². The fourth-order valence-corrected chi connectivity index (χ4v) is 3.27. The van der Waals surface area contributed by atoms with Gasteiger partial charge in [0.15, 0.2) is 0 Å². The highest BCUT2D eigenvalue weighted by Crippen LogP contribution is 2.31. The van der Waals surface area contributed by atoms with E-state index < -0.39 is 12.0 Å². The molecule has 1 aromatic heterocycles. The highest BCUT2D eigenvalue weighted by molar-refractivity contribution is 7.99. The Balaban J connectivity index is 1.95. The van der Waals surface area contributed by atoms with E-state index in [4.69, 9.17) is 5.11 Å². The maximum absolute atomic E-state index is 11.1. The number of nitrogens with zero attached hydrogens (tertiary/aromatic N) is 4. The van der Waals surface area contributed by atoms with Gasteiger partial charge in [0.05, 0.1) is 6.04 Å². The minimum absolute atomic E-state index is 0.375. The molecule has 1 aromatic rings. The zero-order valence-electron chi connectivity index (χ0n) is 10.9. The Kier molecular flexibility index (Phi) is 5.15. The van der Waals surface area contributed by atoms with Gasteiger partial charge in [-0.3, -0.25) is 4.79 Å². The summed E-state index contributed by atoms with van der Waals surface area (Å²) in [6.45, 7) is 2.52. The summed E-state index contributed by atoms with van der Waals surface area (Å²) in [5.41, 5.74) is 0. The van der Waals surface area contributed by atoms with Gasteiger partial charge in [0.25, 0.3) is 0 Å². The molecule has 0 saturated heterocycles. The van der Waals surface area contributed by atoms with Crippen LogP contribution < -0.4 is 5.32 Å². The van der Waals surface area contributed by atoms with Crippen molar-refractivity contribution in [2.45, 2.75) is 49.8 Å². The molecule has 1 aliphatic carbocycles. The molecule has 1 saturated carbocycles. The van der Waals surface area contributed by atoms with E-state index in [-0.39, 0.29) is 0 Å². The van der Waals surface area contributed by atoms with Gasteiger partial charge in [-0.2, -0.15) is 0 Å². The minimum atomic E-state index is -0.839. The van der Waals surface area contributed by atoms with Crippen molar-refractivity contribution in [1.82, 2.24) is 25.5 Å². The number of carboxylic acids is 1. The van der Waals surface area contributed by atoms with Gasteiger partial charge < -0.3 is 10.4 Å².